The minimum Gasteiger partial charge on any atom is -0.378 e. The van der Waals surface area contributed by atoms with Gasteiger partial charge in [-0.2, -0.15) is 0 Å². The fraction of sp³-hybridized carbons (Fsp3) is 0.750. The van der Waals surface area contributed by atoms with Gasteiger partial charge in [0.25, 0.3) is 0 Å². The fourth-order valence-electron chi connectivity index (χ4n) is 1.38. The molecule has 92 valence electrons. The van der Waals surface area contributed by atoms with Gasteiger partial charge in [-0.1, -0.05) is 13.0 Å². The van der Waals surface area contributed by atoms with Gasteiger partial charge in [0.05, 0.1) is 13.2 Å². The molecule has 0 radical (unpaired) electrons. The lowest BCUT2D eigenvalue weighted by Crippen LogP contribution is -2.43. The maximum Gasteiger partial charge on any atom is 0.244 e. The quantitative estimate of drug-likeness (QED) is 0.698. The first-order valence-corrected chi connectivity index (χ1v) is 5.85. The predicted octanol–water partition coefficient (Wildman–Crippen LogP) is 0.836. The number of rotatable bonds is 4. The molecular weight excluding hydrogens is 204 g/mol. The van der Waals surface area contributed by atoms with Crippen LogP contribution in [0.2, 0.25) is 0 Å². The summed E-state index contributed by atoms with van der Waals surface area (Å²) in [6.07, 6.45) is 4.36. The summed E-state index contributed by atoms with van der Waals surface area (Å²) in [5, 5.41) is 6.21. The van der Waals surface area contributed by atoms with Crippen LogP contribution in [-0.4, -0.2) is 37.2 Å². The molecular formula is C12H22N2O2. The Hall–Kier alpha value is -0.870. The third-order valence-electron chi connectivity index (χ3n) is 2.78. The van der Waals surface area contributed by atoms with E-state index < -0.39 is 0 Å². The summed E-state index contributed by atoms with van der Waals surface area (Å²) in [6, 6.07) is 0.157. The Morgan fingerprint density at radius 1 is 1.62 bits per heavy atom. The maximum absolute atomic E-state index is 11.6. The molecule has 1 rings (SSSR count). The molecule has 1 saturated heterocycles. The maximum atomic E-state index is 11.6. The van der Waals surface area contributed by atoms with Crippen LogP contribution in [0.1, 0.15) is 27.2 Å². The van der Waals surface area contributed by atoms with Crippen LogP contribution in [0.4, 0.5) is 0 Å². The van der Waals surface area contributed by atoms with Gasteiger partial charge < -0.3 is 15.4 Å². The number of morpholine rings is 1. The summed E-state index contributed by atoms with van der Waals surface area (Å²) < 4.78 is 5.29. The first-order valence-electron chi connectivity index (χ1n) is 5.85. The van der Waals surface area contributed by atoms with Gasteiger partial charge in [0, 0.05) is 24.2 Å². The minimum absolute atomic E-state index is 0.0424. The van der Waals surface area contributed by atoms with E-state index in [1.54, 1.807) is 6.08 Å². The van der Waals surface area contributed by atoms with Crippen molar-refractivity contribution in [1.82, 2.24) is 10.6 Å². The highest BCUT2D eigenvalue weighted by Crippen LogP contribution is 2.06. The van der Waals surface area contributed by atoms with Gasteiger partial charge in [0.15, 0.2) is 0 Å². The average Bonchev–Trinajstić information content (AvgIpc) is 2.27. The highest BCUT2D eigenvalue weighted by Gasteiger charge is 2.16. The third kappa shape index (κ3) is 4.77. The van der Waals surface area contributed by atoms with E-state index in [4.69, 9.17) is 4.74 Å². The molecule has 1 aliphatic rings. The molecule has 1 amide bonds. The molecule has 4 heteroatoms. The Balaban J connectivity index is 2.35. The Kier molecular flexibility index (Phi) is 4.96. The smallest absolute Gasteiger partial charge is 0.244 e. The second-order valence-corrected chi connectivity index (χ2v) is 4.72. The van der Waals surface area contributed by atoms with E-state index in [9.17, 15) is 4.79 Å². The summed E-state index contributed by atoms with van der Waals surface area (Å²) in [7, 11) is 0. The van der Waals surface area contributed by atoms with Crippen LogP contribution in [0.25, 0.3) is 0 Å². The zero-order chi connectivity index (χ0) is 12.0. The van der Waals surface area contributed by atoms with Crippen molar-refractivity contribution in [3.8, 4) is 0 Å². The molecule has 0 spiro atoms. The molecule has 0 bridgehead atoms. The van der Waals surface area contributed by atoms with Gasteiger partial charge in [-0.25, -0.2) is 0 Å². The van der Waals surface area contributed by atoms with Crippen LogP contribution in [0.15, 0.2) is 12.2 Å². The van der Waals surface area contributed by atoms with Crippen LogP contribution in [0.3, 0.4) is 0 Å². The molecule has 1 heterocycles. The minimum atomic E-state index is -0.141. The summed E-state index contributed by atoms with van der Waals surface area (Å²) in [4.78, 5) is 11.6. The standard InChI is InChI=1S/C12H22N2O2/c1-4-12(2,3)14-11(15)6-5-10-9-16-8-7-13-10/h5-6,10,13H,4,7-9H2,1-3H3,(H,14,15)/b6-5-. The summed E-state index contributed by atoms with van der Waals surface area (Å²) in [5.74, 6) is -0.0424. The summed E-state index contributed by atoms with van der Waals surface area (Å²) in [5.41, 5.74) is -0.141. The predicted molar refractivity (Wildman–Crippen MR) is 64.3 cm³/mol. The average molecular weight is 226 g/mol. The monoisotopic (exact) mass is 226 g/mol. The Morgan fingerprint density at radius 3 is 2.94 bits per heavy atom. The molecule has 1 aliphatic heterocycles. The first-order chi connectivity index (χ1) is 7.53. The van der Waals surface area contributed by atoms with Crippen molar-refractivity contribution >= 4 is 5.91 Å². The van der Waals surface area contributed by atoms with E-state index in [2.05, 4.69) is 17.6 Å². The fourth-order valence-corrected chi connectivity index (χ4v) is 1.38. The molecule has 2 N–H and O–H groups in total. The van der Waals surface area contributed by atoms with E-state index in [-0.39, 0.29) is 17.5 Å². The molecule has 1 atom stereocenters. The number of nitrogens with one attached hydrogen (secondary N) is 2. The molecule has 4 nitrogen and oxygen atoms in total. The van der Waals surface area contributed by atoms with Crippen molar-refractivity contribution in [1.29, 1.82) is 0 Å². The molecule has 0 aromatic carbocycles. The summed E-state index contributed by atoms with van der Waals surface area (Å²) >= 11 is 0. The third-order valence-corrected chi connectivity index (χ3v) is 2.78. The number of carbonyl (C=O) groups is 1. The van der Waals surface area contributed by atoms with Crippen LogP contribution in [0.5, 0.6) is 0 Å². The molecule has 0 saturated carbocycles. The van der Waals surface area contributed by atoms with E-state index in [0.29, 0.717) is 6.61 Å². The molecule has 1 fully saturated rings. The SMILES string of the molecule is CCC(C)(C)NC(=O)/C=C\C1COCCN1. The molecule has 0 aromatic rings. The van der Waals surface area contributed by atoms with Crippen molar-refractivity contribution in [2.45, 2.75) is 38.8 Å². The van der Waals surface area contributed by atoms with E-state index in [1.165, 1.54) is 0 Å². The molecule has 0 aromatic heterocycles. The molecule has 0 aliphatic carbocycles. The Labute approximate surface area is 97.4 Å². The molecule has 16 heavy (non-hydrogen) atoms. The van der Waals surface area contributed by atoms with E-state index in [0.717, 1.165) is 19.6 Å². The van der Waals surface area contributed by atoms with Gasteiger partial charge in [0.2, 0.25) is 5.91 Å². The van der Waals surface area contributed by atoms with E-state index >= 15 is 0 Å². The number of ether oxygens (including phenoxy) is 1. The Bertz CT molecular complexity index is 256. The molecule has 1 unspecified atom stereocenters. The highest BCUT2D eigenvalue weighted by atomic mass is 16.5. The van der Waals surface area contributed by atoms with Gasteiger partial charge in [-0.15, -0.1) is 0 Å². The van der Waals surface area contributed by atoms with E-state index in [1.807, 2.05) is 19.9 Å². The van der Waals surface area contributed by atoms with Gasteiger partial charge in [0.1, 0.15) is 0 Å². The highest BCUT2D eigenvalue weighted by molar-refractivity contribution is 5.88. The second-order valence-electron chi connectivity index (χ2n) is 4.72. The van der Waals surface area contributed by atoms with Crippen molar-refractivity contribution < 1.29 is 9.53 Å². The number of carbonyl (C=O) groups excluding carboxylic acids is 1. The van der Waals surface area contributed by atoms with Crippen molar-refractivity contribution in [3.63, 3.8) is 0 Å². The number of amides is 1. The normalized spacial score (nSPS) is 22.3. The lowest BCUT2D eigenvalue weighted by Gasteiger charge is -2.24. The lowest BCUT2D eigenvalue weighted by molar-refractivity contribution is -0.118. The zero-order valence-electron chi connectivity index (χ0n) is 10.4. The van der Waals surface area contributed by atoms with Crippen LogP contribution in [-0.2, 0) is 9.53 Å². The first kappa shape index (κ1) is 13.2. The van der Waals surface area contributed by atoms with Crippen LogP contribution >= 0.6 is 0 Å². The zero-order valence-corrected chi connectivity index (χ0v) is 10.4. The van der Waals surface area contributed by atoms with Gasteiger partial charge >= 0.3 is 0 Å². The summed E-state index contributed by atoms with van der Waals surface area (Å²) in [6.45, 7) is 8.32. The van der Waals surface area contributed by atoms with Gasteiger partial charge in [-0.05, 0) is 20.3 Å². The van der Waals surface area contributed by atoms with Crippen molar-refractivity contribution in [2.75, 3.05) is 19.8 Å². The van der Waals surface area contributed by atoms with Gasteiger partial charge in [-0.3, -0.25) is 4.79 Å². The van der Waals surface area contributed by atoms with Crippen molar-refractivity contribution in [3.05, 3.63) is 12.2 Å². The largest absolute Gasteiger partial charge is 0.378 e. The van der Waals surface area contributed by atoms with Crippen molar-refractivity contribution in [2.24, 2.45) is 0 Å². The topological polar surface area (TPSA) is 50.4 Å². The van der Waals surface area contributed by atoms with Crippen LogP contribution < -0.4 is 10.6 Å². The van der Waals surface area contributed by atoms with Crippen LogP contribution in [0, 0.1) is 0 Å². The Morgan fingerprint density at radius 2 is 2.38 bits per heavy atom. The number of hydrogen-bond acceptors (Lipinski definition) is 3. The second kappa shape index (κ2) is 6.01. The number of hydrogen-bond donors (Lipinski definition) is 2. The lowest BCUT2D eigenvalue weighted by atomic mass is 10.0.